The Hall–Kier alpha value is -1.07. The summed E-state index contributed by atoms with van der Waals surface area (Å²) in [5.41, 5.74) is 0.651. The molecule has 0 saturated carbocycles. The number of aliphatic hydroxyl groups excluding tert-OH is 1. The van der Waals surface area contributed by atoms with Gasteiger partial charge < -0.3 is 15.2 Å². The van der Waals surface area contributed by atoms with Crippen LogP contribution < -0.4 is 10.1 Å². The molecule has 0 fully saturated rings. The SMILES string of the molecule is CC(C)CNC(=O)C(C)Oc1ccc(Br)cc1CO. The van der Waals surface area contributed by atoms with E-state index in [9.17, 15) is 9.90 Å². The van der Waals surface area contributed by atoms with E-state index in [4.69, 9.17) is 4.74 Å². The number of nitrogens with one attached hydrogen (secondary N) is 1. The second-order valence-electron chi connectivity index (χ2n) is 4.81. The minimum Gasteiger partial charge on any atom is -0.481 e. The number of benzene rings is 1. The average molecular weight is 330 g/mol. The fraction of sp³-hybridized carbons (Fsp3) is 0.500. The maximum absolute atomic E-state index is 11.8. The highest BCUT2D eigenvalue weighted by Crippen LogP contribution is 2.24. The van der Waals surface area contributed by atoms with Crippen molar-refractivity contribution < 1.29 is 14.6 Å². The number of carbonyl (C=O) groups is 1. The Morgan fingerprint density at radius 3 is 2.68 bits per heavy atom. The van der Waals surface area contributed by atoms with E-state index in [1.807, 2.05) is 19.9 Å². The molecule has 0 aliphatic carbocycles. The molecule has 1 unspecified atom stereocenters. The first-order chi connectivity index (χ1) is 8.93. The summed E-state index contributed by atoms with van der Waals surface area (Å²) in [5, 5.41) is 12.1. The Balaban J connectivity index is 2.65. The molecule has 0 aliphatic rings. The number of hydrogen-bond acceptors (Lipinski definition) is 3. The van der Waals surface area contributed by atoms with Gasteiger partial charge in [-0.05, 0) is 31.0 Å². The van der Waals surface area contributed by atoms with Crippen LogP contribution in [0.25, 0.3) is 0 Å². The average Bonchev–Trinajstić information content (AvgIpc) is 2.37. The molecule has 1 atom stereocenters. The van der Waals surface area contributed by atoms with Crippen LogP contribution in [0.5, 0.6) is 5.75 Å². The van der Waals surface area contributed by atoms with Crippen LogP contribution in [0.3, 0.4) is 0 Å². The summed E-state index contributed by atoms with van der Waals surface area (Å²) >= 11 is 3.33. The predicted molar refractivity (Wildman–Crippen MR) is 78.0 cm³/mol. The number of rotatable bonds is 6. The Morgan fingerprint density at radius 2 is 2.11 bits per heavy atom. The Bertz CT molecular complexity index is 435. The molecular weight excluding hydrogens is 310 g/mol. The number of hydrogen-bond donors (Lipinski definition) is 2. The van der Waals surface area contributed by atoms with Crippen molar-refractivity contribution >= 4 is 21.8 Å². The predicted octanol–water partition coefficient (Wildman–Crippen LogP) is 2.48. The molecule has 0 aliphatic heterocycles. The Kier molecular flexibility index (Phi) is 6.31. The van der Waals surface area contributed by atoms with Crippen molar-refractivity contribution in [2.45, 2.75) is 33.5 Å². The maximum Gasteiger partial charge on any atom is 0.260 e. The number of aliphatic hydroxyl groups is 1. The van der Waals surface area contributed by atoms with Crippen molar-refractivity contribution in [1.29, 1.82) is 0 Å². The summed E-state index contributed by atoms with van der Waals surface area (Å²) in [5.74, 6) is 0.773. The van der Waals surface area contributed by atoms with Gasteiger partial charge in [0.1, 0.15) is 5.75 Å². The van der Waals surface area contributed by atoms with Crippen molar-refractivity contribution in [3.05, 3.63) is 28.2 Å². The molecular formula is C14H20BrNO3. The molecule has 0 heterocycles. The third-order valence-corrected chi connectivity index (χ3v) is 3.04. The summed E-state index contributed by atoms with van der Waals surface area (Å²) in [6.07, 6.45) is -0.592. The highest BCUT2D eigenvalue weighted by atomic mass is 79.9. The van der Waals surface area contributed by atoms with Crippen LogP contribution >= 0.6 is 15.9 Å². The highest BCUT2D eigenvalue weighted by molar-refractivity contribution is 9.10. The number of ether oxygens (including phenoxy) is 1. The molecule has 1 aromatic carbocycles. The zero-order chi connectivity index (χ0) is 14.4. The molecule has 5 heteroatoms. The first-order valence-electron chi connectivity index (χ1n) is 6.27. The monoisotopic (exact) mass is 329 g/mol. The Labute approximate surface area is 122 Å². The first-order valence-corrected chi connectivity index (χ1v) is 7.07. The minimum absolute atomic E-state index is 0.130. The van der Waals surface area contributed by atoms with Gasteiger partial charge in [0.05, 0.1) is 6.61 Å². The molecule has 1 aromatic rings. The molecule has 0 radical (unpaired) electrons. The van der Waals surface area contributed by atoms with Gasteiger partial charge in [-0.3, -0.25) is 4.79 Å². The fourth-order valence-corrected chi connectivity index (χ4v) is 1.89. The van der Waals surface area contributed by atoms with E-state index in [1.54, 1.807) is 19.1 Å². The van der Waals surface area contributed by atoms with Crippen LogP contribution in [0.15, 0.2) is 22.7 Å². The van der Waals surface area contributed by atoms with Crippen molar-refractivity contribution in [3.63, 3.8) is 0 Å². The molecule has 1 amide bonds. The van der Waals surface area contributed by atoms with Crippen LogP contribution in [-0.4, -0.2) is 23.7 Å². The largest absolute Gasteiger partial charge is 0.481 e. The topological polar surface area (TPSA) is 58.6 Å². The van der Waals surface area contributed by atoms with Gasteiger partial charge >= 0.3 is 0 Å². The standard InChI is InChI=1S/C14H20BrNO3/c1-9(2)7-16-14(18)10(3)19-13-5-4-12(15)6-11(13)8-17/h4-6,9-10,17H,7-8H2,1-3H3,(H,16,18). The normalized spacial score (nSPS) is 12.3. The minimum atomic E-state index is -0.592. The van der Waals surface area contributed by atoms with Gasteiger partial charge in [-0.1, -0.05) is 29.8 Å². The van der Waals surface area contributed by atoms with Crippen LogP contribution in [0.2, 0.25) is 0 Å². The van der Waals surface area contributed by atoms with E-state index in [-0.39, 0.29) is 12.5 Å². The molecule has 2 N–H and O–H groups in total. The zero-order valence-corrected chi connectivity index (χ0v) is 13.0. The van der Waals surface area contributed by atoms with E-state index in [0.717, 1.165) is 4.47 Å². The Morgan fingerprint density at radius 1 is 1.42 bits per heavy atom. The number of carbonyl (C=O) groups excluding carboxylic acids is 1. The lowest BCUT2D eigenvalue weighted by Gasteiger charge is -2.17. The summed E-state index contributed by atoms with van der Waals surface area (Å²) < 4.78 is 6.45. The lowest BCUT2D eigenvalue weighted by molar-refractivity contribution is -0.127. The van der Waals surface area contributed by atoms with Crippen LogP contribution in [-0.2, 0) is 11.4 Å². The first kappa shape index (κ1) is 16.0. The molecule has 19 heavy (non-hydrogen) atoms. The summed E-state index contributed by atoms with van der Waals surface area (Å²) in [6, 6.07) is 5.32. The summed E-state index contributed by atoms with van der Waals surface area (Å²) in [7, 11) is 0. The molecule has 0 aromatic heterocycles. The van der Waals surface area contributed by atoms with Crippen LogP contribution in [0, 0.1) is 5.92 Å². The second-order valence-corrected chi connectivity index (χ2v) is 5.72. The molecule has 0 bridgehead atoms. The van der Waals surface area contributed by atoms with Crippen molar-refractivity contribution in [2.75, 3.05) is 6.54 Å². The van der Waals surface area contributed by atoms with E-state index in [1.165, 1.54) is 0 Å². The van der Waals surface area contributed by atoms with E-state index < -0.39 is 6.10 Å². The summed E-state index contributed by atoms with van der Waals surface area (Å²) in [6.45, 7) is 6.25. The zero-order valence-electron chi connectivity index (χ0n) is 11.4. The third kappa shape index (κ3) is 5.20. The quantitative estimate of drug-likeness (QED) is 0.842. The van der Waals surface area contributed by atoms with Gasteiger partial charge in [-0.25, -0.2) is 0 Å². The van der Waals surface area contributed by atoms with Gasteiger partial charge in [0, 0.05) is 16.6 Å². The van der Waals surface area contributed by atoms with Crippen molar-refractivity contribution in [3.8, 4) is 5.75 Å². The molecule has 0 saturated heterocycles. The lowest BCUT2D eigenvalue weighted by Crippen LogP contribution is -2.38. The van der Waals surface area contributed by atoms with Gasteiger partial charge in [-0.15, -0.1) is 0 Å². The van der Waals surface area contributed by atoms with Gasteiger partial charge in [-0.2, -0.15) is 0 Å². The van der Waals surface area contributed by atoms with Crippen molar-refractivity contribution in [1.82, 2.24) is 5.32 Å². The van der Waals surface area contributed by atoms with E-state index in [0.29, 0.717) is 23.8 Å². The number of amides is 1. The van der Waals surface area contributed by atoms with Gasteiger partial charge in [0.2, 0.25) is 0 Å². The molecule has 106 valence electrons. The maximum atomic E-state index is 11.8. The molecule has 0 spiro atoms. The van der Waals surface area contributed by atoms with Crippen LogP contribution in [0.4, 0.5) is 0 Å². The van der Waals surface area contributed by atoms with E-state index in [2.05, 4.69) is 21.2 Å². The van der Waals surface area contributed by atoms with Gasteiger partial charge in [0.15, 0.2) is 6.10 Å². The van der Waals surface area contributed by atoms with Crippen LogP contribution in [0.1, 0.15) is 26.3 Å². The van der Waals surface area contributed by atoms with E-state index >= 15 is 0 Å². The lowest BCUT2D eigenvalue weighted by atomic mass is 10.2. The summed E-state index contributed by atoms with van der Waals surface area (Å²) in [4.78, 5) is 11.8. The fourth-order valence-electron chi connectivity index (χ4n) is 1.48. The molecule has 4 nitrogen and oxygen atoms in total. The number of halogens is 1. The second kappa shape index (κ2) is 7.50. The third-order valence-electron chi connectivity index (χ3n) is 2.55. The molecule has 1 rings (SSSR count). The van der Waals surface area contributed by atoms with Crippen molar-refractivity contribution in [2.24, 2.45) is 5.92 Å². The smallest absolute Gasteiger partial charge is 0.260 e. The van der Waals surface area contributed by atoms with Gasteiger partial charge in [0.25, 0.3) is 5.91 Å². The highest BCUT2D eigenvalue weighted by Gasteiger charge is 2.16.